The number of anilines is 1. The molecular weight excluding hydrogens is 262 g/mol. The van der Waals surface area contributed by atoms with E-state index in [9.17, 15) is 4.79 Å². The van der Waals surface area contributed by atoms with E-state index in [1.807, 2.05) is 42.5 Å². The third-order valence-electron chi connectivity index (χ3n) is 3.99. The van der Waals surface area contributed by atoms with Gasteiger partial charge in [0.1, 0.15) is 0 Å². The molecule has 21 heavy (non-hydrogen) atoms. The highest BCUT2D eigenvalue weighted by atomic mass is 16.2. The molecule has 0 spiro atoms. The Kier molecular flexibility index (Phi) is 2.74. The summed E-state index contributed by atoms with van der Waals surface area (Å²) in [7, 11) is 0. The molecule has 104 valence electrons. The molecule has 0 radical (unpaired) electrons. The Balaban J connectivity index is 1.47. The quantitative estimate of drug-likeness (QED) is 0.771. The van der Waals surface area contributed by atoms with Crippen molar-refractivity contribution in [2.75, 3.05) is 5.32 Å². The zero-order chi connectivity index (χ0) is 14.2. The molecule has 4 heteroatoms. The first-order chi connectivity index (χ1) is 10.3. The third kappa shape index (κ3) is 2.29. The van der Waals surface area contributed by atoms with E-state index in [0.717, 1.165) is 17.5 Å². The van der Waals surface area contributed by atoms with Crippen LogP contribution in [0.4, 0.5) is 5.95 Å². The van der Waals surface area contributed by atoms with Crippen LogP contribution in [0.1, 0.15) is 17.9 Å². The predicted octanol–water partition coefficient (Wildman–Crippen LogP) is 3.31. The number of hydrogen-bond acceptors (Lipinski definition) is 2. The van der Waals surface area contributed by atoms with Gasteiger partial charge in [0.25, 0.3) is 0 Å². The van der Waals surface area contributed by atoms with Crippen molar-refractivity contribution in [2.24, 2.45) is 5.92 Å². The number of aromatic nitrogens is 2. The lowest BCUT2D eigenvalue weighted by Crippen LogP contribution is -2.15. The van der Waals surface area contributed by atoms with Gasteiger partial charge in [-0.25, -0.2) is 4.98 Å². The highest BCUT2D eigenvalue weighted by Crippen LogP contribution is 2.47. The molecule has 1 saturated carbocycles. The van der Waals surface area contributed by atoms with Gasteiger partial charge in [0.15, 0.2) is 0 Å². The predicted molar refractivity (Wildman–Crippen MR) is 82.0 cm³/mol. The van der Waals surface area contributed by atoms with Gasteiger partial charge < -0.3 is 4.98 Å². The maximum absolute atomic E-state index is 12.3. The minimum absolute atomic E-state index is 0.0444. The summed E-state index contributed by atoms with van der Waals surface area (Å²) in [6, 6.07) is 17.9. The van der Waals surface area contributed by atoms with E-state index in [1.165, 1.54) is 5.56 Å². The summed E-state index contributed by atoms with van der Waals surface area (Å²) in [5.41, 5.74) is 3.04. The first-order valence-electron chi connectivity index (χ1n) is 7.12. The molecule has 2 N–H and O–H groups in total. The van der Waals surface area contributed by atoms with Crippen LogP contribution in [-0.2, 0) is 4.79 Å². The van der Waals surface area contributed by atoms with Gasteiger partial charge >= 0.3 is 0 Å². The monoisotopic (exact) mass is 277 g/mol. The molecule has 4 nitrogen and oxygen atoms in total. The molecule has 1 fully saturated rings. The van der Waals surface area contributed by atoms with Crippen molar-refractivity contribution in [3.8, 4) is 0 Å². The minimum atomic E-state index is 0.0444. The minimum Gasteiger partial charge on any atom is -0.324 e. The summed E-state index contributed by atoms with van der Waals surface area (Å²) >= 11 is 0. The van der Waals surface area contributed by atoms with E-state index in [1.54, 1.807) is 0 Å². The molecule has 1 aliphatic carbocycles. The highest BCUT2D eigenvalue weighted by molar-refractivity contribution is 5.95. The van der Waals surface area contributed by atoms with Crippen molar-refractivity contribution in [3.05, 3.63) is 60.2 Å². The number of amides is 1. The standard InChI is InChI=1S/C17H15N3O/c21-16(13-10-12(13)11-6-2-1-3-7-11)20-17-18-14-8-4-5-9-15(14)19-17/h1-9,12-13H,10H2,(H2,18,19,20,21). The van der Waals surface area contributed by atoms with Crippen LogP contribution in [-0.4, -0.2) is 15.9 Å². The van der Waals surface area contributed by atoms with E-state index in [2.05, 4.69) is 27.4 Å². The molecule has 4 rings (SSSR count). The summed E-state index contributed by atoms with van der Waals surface area (Å²) in [5, 5.41) is 2.89. The molecule has 1 aromatic heterocycles. The fourth-order valence-corrected chi connectivity index (χ4v) is 2.77. The second-order valence-electron chi connectivity index (χ2n) is 5.45. The van der Waals surface area contributed by atoms with Gasteiger partial charge in [0.2, 0.25) is 11.9 Å². The molecule has 3 aromatic rings. The average Bonchev–Trinajstić information content (AvgIpc) is 3.22. The van der Waals surface area contributed by atoms with Gasteiger partial charge in [0.05, 0.1) is 11.0 Å². The summed E-state index contributed by atoms with van der Waals surface area (Å²) in [5.74, 6) is 0.971. The Morgan fingerprint density at radius 1 is 1.10 bits per heavy atom. The number of H-pyrrole nitrogens is 1. The van der Waals surface area contributed by atoms with Crippen LogP contribution in [0.25, 0.3) is 11.0 Å². The smallest absolute Gasteiger partial charge is 0.230 e. The van der Waals surface area contributed by atoms with Gasteiger partial charge in [-0.2, -0.15) is 0 Å². The Labute approximate surface area is 122 Å². The number of nitrogens with one attached hydrogen (secondary N) is 2. The van der Waals surface area contributed by atoms with Crippen molar-refractivity contribution >= 4 is 22.9 Å². The Morgan fingerprint density at radius 2 is 1.86 bits per heavy atom. The molecule has 1 amide bonds. The van der Waals surface area contributed by atoms with Crippen LogP contribution in [0.15, 0.2) is 54.6 Å². The van der Waals surface area contributed by atoms with Gasteiger partial charge in [-0.1, -0.05) is 42.5 Å². The fourth-order valence-electron chi connectivity index (χ4n) is 2.77. The molecule has 1 aliphatic rings. The number of imidazole rings is 1. The largest absolute Gasteiger partial charge is 0.324 e. The zero-order valence-corrected chi connectivity index (χ0v) is 11.4. The SMILES string of the molecule is O=C(Nc1nc2ccccc2[nH]1)C1CC1c1ccccc1. The molecule has 2 atom stereocenters. The van der Waals surface area contributed by atoms with Crippen LogP contribution in [0.5, 0.6) is 0 Å². The molecule has 2 aromatic carbocycles. The van der Waals surface area contributed by atoms with Crippen molar-refractivity contribution in [2.45, 2.75) is 12.3 Å². The maximum atomic E-state index is 12.3. The third-order valence-corrected chi connectivity index (χ3v) is 3.99. The first kappa shape index (κ1) is 12.1. The second kappa shape index (κ2) is 4.74. The number of carbonyl (C=O) groups is 1. The van der Waals surface area contributed by atoms with E-state index in [0.29, 0.717) is 11.9 Å². The van der Waals surface area contributed by atoms with Crippen molar-refractivity contribution in [1.82, 2.24) is 9.97 Å². The van der Waals surface area contributed by atoms with Crippen LogP contribution in [0.2, 0.25) is 0 Å². The molecule has 1 heterocycles. The molecule has 0 saturated heterocycles. The highest BCUT2D eigenvalue weighted by Gasteiger charge is 2.44. The lowest BCUT2D eigenvalue weighted by molar-refractivity contribution is -0.117. The second-order valence-corrected chi connectivity index (χ2v) is 5.45. The lowest BCUT2D eigenvalue weighted by Gasteiger charge is -2.01. The maximum Gasteiger partial charge on any atom is 0.230 e. The van der Waals surface area contributed by atoms with Crippen LogP contribution >= 0.6 is 0 Å². The van der Waals surface area contributed by atoms with Crippen LogP contribution < -0.4 is 5.32 Å². The van der Waals surface area contributed by atoms with Crippen molar-refractivity contribution in [3.63, 3.8) is 0 Å². The van der Waals surface area contributed by atoms with Crippen LogP contribution in [0, 0.1) is 5.92 Å². The van der Waals surface area contributed by atoms with Gasteiger partial charge in [-0.05, 0) is 30.0 Å². The number of rotatable bonds is 3. The molecule has 0 aliphatic heterocycles. The summed E-state index contributed by atoms with van der Waals surface area (Å²) < 4.78 is 0. The van der Waals surface area contributed by atoms with E-state index >= 15 is 0 Å². The van der Waals surface area contributed by atoms with Crippen molar-refractivity contribution in [1.29, 1.82) is 0 Å². The number of para-hydroxylation sites is 2. The average molecular weight is 277 g/mol. The molecule has 0 bridgehead atoms. The van der Waals surface area contributed by atoms with E-state index in [4.69, 9.17) is 0 Å². The summed E-state index contributed by atoms with van der Waals surface area (Å²) in [6.07, 6.45) is 0.913. The Morgan fingerprint density at radius 3 is 2.67 bits per heavy atom. The number of aromatic amines is 1. The van der Waals surface area contributed by atoms with Gasteiger partial charge in [-0.15, -0.1) is 0 Å². The zero-order valence-electron chi connectivity index (χ0n) is 11.4. The number of benzene rings is 2. The topological polar surface area (TPSA) is 57.8 Å². The summed E-state index contributed by atoms with van der Waals surface area (Å²) in [4.78, 5) is 19.8. The number of nitrogens with zero attached hydrogens (tertiary/aromatic N) is 1. The van der Waals surface area contributed by atoms with Gasteiger partial charge in [0, 0.05) is 5.92 Å². The van der Waals surface area contributed by atoms with Crippen LogP contribution in [0.3, 0.4) is 0 Å². The fraction of sp³-hybridized carbons (Fsp3) is 0.176. The summed E-state index contributed by atoms with van der Waals surface area (Å²) in [6.45, 7) is 0. The van der Waals surface area contributed by atoms with E-state index in [-0.39, 0.29) is 11.8 Å². The number of fused-ring (bicyclic) bond motifs is 1. The van der Waals surface area contributed by atoms with Gasteiger partial charge in [-0.3, -0.25) is 10.1 Å². The first-order valence-corrected chi connectivity index (χ1v) is 7.12. The Bertz CT molecular complexity index is 761. The lowest BCUT2D eigenvalue weighted by atomic mass is 10.1. The Hall–Kier alpha value is -2.62. The molecule has 2 unspecified atom stereocenters. The van der Waals surface area contributed by atoms with Crippen molar-refractivity contribution < 1.29 is 4.79 Å². The molecular formula is C17H15N3O. The normalized spacial score (nSPS) is 20.4. The number of carbonyl (C=O) groups excluding carboxylic acids is 1. The van der Waals surface area contributed by atoms with E-state index < -0.39 is 0 Å². The number of hydrogen-bond donors (Lipinski definition) is 2.